The van der Waals surface area contributed by atoms with E-state index in [0.29, 0.717) is 59.7 Å². The molecule has 1 aliphatic rings. The van der Waals surface area contributed by atoms with Crippen molar-refractivity contribution in [2.45, 2.75) is 78.9 Å². The van der Waals surface area contributed by atoms with E-state index in [-0.39, 0.29) is 12.2 Å². The van der Waals surface area contributed by atoms with Crippen molar-refractivity contribution in [3.05, 3.63) is 81.7 Å². The SMILES string of the molecule is CC(C)(C)O.CNCc1ccc(F)cc1.Cc1nc2c(cc(CCC=O)n2C)c(-c2cc(F)c3c(c2C)CCCO3)c1CC(=O)O. The van der Waals surface area contributed by atoms with Gasteiger partial charge in [0.15, 0.2) is 11.6 Å². The maximum atomic E-state index is 15.0. The van der Waals surface area contributed by atoms with Crippen LogP contribution < -0.4 is 10.1 Å². The molecule has 0 unspecified atom stereocenters. The summed E-state index contributed by atoms with van der Waals surface area (Å²) in [5.41, 5.74) is 6.48. The number of aryl methyl sites for hydroxylation is 3. The Morgan fingerprint density at radius 3 is 2.39 bits per heavy atom. The minimum atomic E-state index is -0.970. The number of hydrogen-bond donors (Lipinski definition) is 3. The second kappa shape index (κ2) is 15.9. The van der Waals surface area contributed by atoms with Crippen LogP contribution in [0.25, 0.3) is 22.2 Å². The molecule has 8 nitrogen and oxygen atoms in total. The molecule has 10 heteroatoms. The molecule has 0 fully saturated rings. The van der Waals surface area contributed by atoms with Crippen molar-refractivity contribution < 1.29 is 33.3 Å². The fourth-order valence-electron chi connectivity index (χ4n) is 5.38. The normalized spacial score (nSPS) is 12.3. The van der Waals surface area contributed by atoms with E-state index in [9.17, 15) is 19.1 Å². The van der Waals surface area contributed by atoms with Gasteiger partial charge in [0.1, 0.15) is 17.8 Å². The molecular weight excluding hydrogens is 592 g/mol. The lowest BCUT2D eigenvalue weighted by Gasteiger charge is -2.23. The number of carbonyl (C=O) groups excluding carboxylic acids is 1. The number of pyridine rings is 1. The first-order valence-electron chi connectivity index (χ1n) is 15.4. The monoisotopic (exact) mass is 637 g/mol. The van der Waals surface area contributed by atoms with E-state index in [1.165, 1.54) is 18.2 Å². The van der Waals surface area contributed by atoms with Crippen molar-refractivity contribution in [1.29, 1.82) is 0 Å². The van der Waals surface area contributed by atoms with Gasteiger partial charge in [-0.05, 0) is 113 Å². The molecular formula is C36H45F2N3O5. The number of halogens is 2. The lowest BCUT2D eigenvalue weighted by atomic mass is 9.87. The Labute approximate surface area is 269 Å². The number of aliphatic carboxylic acids is 1. The third-order valence-corrected chi connectivity index (χ3v) is 7.43. The number of aliphatic hydroxyl groups is 1. The first-order chi connectivity index (χ1) is 21.7. The molecule has 248 valence electrons. The van der Waals surface area contributed by atoms with Gasteiger partial charge in [-0.15, -0.1) is 0 Å². The quantitative estimate of drug-likeness (QED) is 0.192. The second-order valence-corrected chi connectivity index (χ2v) is 12.4. The topological polar surface area (TPSA) is 114 Å². The van der Waals surface area contributed by atoms with Gasteiger partial charge in [0.25, 0.3) is 0 Å². The number of fused-ring (bicyclic) bond motifs is 2. The van der Waals surface area contributed by atoms with Crippen molar-refractivity contribution in [2.24, 2.45) is 7.05 Å². The number of ether oxygens (including phenoxy) is 1. The second-order valence-electron chi connectivity index (χ2n) is 12.4. The highest BCUT2D eigenvalue weighted by Crippen LogP contribution is 2.42. The number of nitrogens with one attached hydrogen (secondary N) is 1. The Kier molecular flexibility index (Phi) is 12.6. The minimum Gasteiger partial charge on any atom is -0.490 e. The highest BCUT2D eigenvalue weighted by molar-refractivity contribution is 5.99. The Morgan fingerprint density at radius 2 is 1.80 bits per heavy atom. The molecule has 0 radical (unpaired) electrons. The number of hydrogen-bond acceptors (Lipinski definition) is 6. The van der Waals surface area contributed by atoms with E-state index in [2.05, 4.69) is 10.3 Å². The van der Waals surface area contributed by atoms with E-state index in [1.54, 1.807) is 39.8 Å². The summed E-state index contributed by atoms with van der Waals surface area (Å²) in [6.45, 7) is 10.2. The summed E-state index contributed by atoms with van der Waals surface area (Å²) in [7, 11) is 3.74. The molecule has 5 rings (SSSR count). The van der Waals surface area contributed by atoms with E-state index < -0.39 is 17.4 Å². The molecule has 1 aliphatic heterocycles. The Bertz CT molecular complexity index is 1670. The fourth-order valence-corrected chi connectivity index (χ4v) is 5.38. The van der Waals surface area contributed by atoms with Crippen LogP contribution in [0, 0.1) is 25.5 Å². The summed E-state index contributed by atoms with van der Waals surface area (Å²) in [6, 6.07) is 9.87. The molecule has 0 atom stereocenters. The number of carbonyl (C=O) groups is 2. The van der Waals surface area contributed by atoms with Crippen LogP contribution in [0.3, 0.4) is 0 Å². The first-order valence-corrected chi connectivity index (χ1v) is 15.4. The van der Waals surface area contributed by atoms with E-state index in [0.717, 1.165) is 47.0 Å². The number of carboxylic acid groups (broad SMARTS) is 1. The molecule has 0 spiro atoms. The van der Waals surface area contributed by atoms with Gasteiger partial charge < -0.3 is 29.6 Å². The maximum absolute atomic E-state index is 15.0. The smallest absolute Gasteiger partial charge is 0.307 e. The summed E-state index contributed by atoms with van der Waals surface area (Å²) < 4.78 is 34.9. The number of aldehydes is 1. The molecule has 0 saturated carbocycles. The van der Waals surface area contributed by atoms with Crippen LogP contribution in [0.1, 0.15) is 67.3 Å². The van der Waals surface area contributed by atoms with E-state index in [1.807, 2.05) is 31.7 Å². The largest absolute Gasteiger partial charge is 0.490 e. The standard InChI is InChI=1S/C24H25FN2O4.C8H10FN.C4H10O/c1-13-16-7-5-9-31-23(16)20(25)11-17(13)22-18(12-21(29)30)14(2)26-24-19(22)10-15(27(24)3)6-4-8-28;1-10-6-7-2-4-8(9)5-3-7;1-4(2,3)5/h8,10-11H,4-7,9,12H2,1-3H3,(H,29,30);2-5,10H,6H2,1H3;5H,1-3H3. The molecule has 0 amide bonds. The van der Waals surface area contributed by atoms with Crippen molar-refractivity contribution in [1.82, 2.24) is 14.9 Å². The van der Waals surface area contributed by atoms with Crippen LogP contribution in [0.5, 0.6) is 5.75 Å². The number of aromatic nitrogens is 2. The average Bonchev–Trinajstić information content (AvgIpc) is 3.29. The van der Waals surface area contributed by atoms with Crippen molar-refractivity contribution in [2.75, 3.05) is 13.7 Å². The number of rotatable bonds is 8. The summed E-state index contributed by atoms with van der Waals surface area (Å²) in [5.74, 6) is -1.28. The molecule has 0 bridgehead atoms. The number of nitrogens with zero attached hydrogens (tertiary/aromatic N) is 2. The van der Waals surface area contributed by atoms with Crippen LogP contribution in [0.2, 0.25) is 0 Å². The van der Waals surface area contributed by atoms with Gasteiger partial charge >= 0.3 is 5.97 Å². The molecule has 2 aromatic carbocycles. The molecule has 0 aliphatic carbocycles. The zero-order valence-electron chi connectivity index (χ0n) is 27.8. The summed E-state index contributed by atoms with van der Waals surface area (Å²) in [6.07, 6.45) is 3.11. The number of carboxylic acids is 1. The van der Waals surface area contributed by atoms with Gasteiger partial charge in [-0.1, -0.05) is 12.1 Å². The lowest BCUT2D eigenvalue weighted by molar-refractivity contribution is -0.136. The predicted octanol–water partition coefficient (Wildman–Crippen LogP) is 6.40. The van der Waals surface area contributed by atoms with Gasteiger partial charge in [0.2, 0.25) is 0 Å². The van der Waals surface area contributed by atoms with Gasteiger partial charge in [-0.25, -0.2) is 13.8 Å². The van der Waals surface area contributed by atoms with Crippen LogP contribution in [0.15, 0.2) is 36.4 Å². The summed E-state index contributed by atoms with van der Waals surface area (Å²) in [5, 5.41) is 21.8. The van der Waals surface area contributed by atoms with Crippen LogP contribution in [-0.4, -0.2) is 51.3 Å². The van der Waals surface area contributed by atoms with Gasteiger partial charge in [-0.3, -0.25) is 4.79 Å². The predicted molar refractivity (Wildman–Crippen MR) is 176 cm³/mol. The van der Waals surface area contributed by atoms with Gasteiger partial charge in [-0.2, -0.15) is 0 Å². The molecule has 4 aromatic rings. The molecule has 2 aromatic heterocycles. The summed E-state index contributed by atoms with van der Waals surface area (Å²) >= 11 is 0. The van der Waals surface area contributed by atoms with Crippen LogP contribution >= 0.6 is 0 Å². The highest BCUT2D eigenvalue weighted by Gasteiger charge is 2.26. The van der Waals surface area contributed by atoms with Gasteiger partial charge in [0, 0.05) is 42.4 Å². The van der Waals surface area contributed by atoms with Crippen molar-refractivity contribution in [3.63, 3.8) is 0 Å². The summed E-state index contributed by atoms with van der Waals surface area (Å²) in [4.78, 5) is 27.2. The first kappa shape index (κ1) is 36.3. The Balaban J connectivity index is 0.000000317. The van der Waals surface area contributed by atoms with Crippen LogP contribution in [-0.2, 0) is 42.4 Å². The maximum Gasteiger partial charge on any atom is 0.307 e. The molecule has 3 heterocycles. The fraction of sp³-hybridized carbons (Fsp3) is 0.417. The third-order valence-electron chi connectivity index (χ3n) is 7.43. The average molecular weight is 638 g/mol. The molecule has 0 saturated heterocycles. The van der Waals surface area contributed by atoms with Crippen molar-refractivity contribution in [3.8, 4) is 16.9 Å². The Morgan fingerprint density at radius 1 is 1.15 bits per heavy atom. The molecule has 46 heavy (non-hydrogen) atoms. The van der Waals surface area contributed by atoms with Crippen LogP contribution in [0.4, 0.5) is 8.78 Å². The zero-order valence-corrected chi connectivity index (χ0v) is 27.8. The van der Waals surface area contributed by atoms with Crippen molar-refractivity contribution >= 4 is 23.3 Å². The minimum absolute atomic E-state index is 0.181. The van der Waals surface area contributed by atoms with Gasteiger partial charge in [0.05, 0.1) is 18.6 Å². The lowest BCUT2D eigenvalue weighted by Crippen LogP contribution is -2.13. The van der Waals surface area contributed by atoms with E-state index >= 15 is 4.39 Å². The zero-order chi connectivity index (χ0) is 34.2. The molecule has 3 N–H and O–H groups in total. The highest BCUT2D eigenvalue weighted by atomic mass is 19.1. The van der Waals surface area contributed by atoms with E-state index in [4.69, 9.17) is 9.84 Å². The Hall–Kier alpha value is -4.15. The third kappa shape index (κ3) is 9.43. The number of benzene rings is 2.